The second-order valence-electron chi connectivity index (χ2n) is 8.53. The number of benzene rings is 1. The normalized spacial score (nSPS) is 18.5. The molecule has 3 rings (SSSR count). The van der Waals surface area contributed by atoms with Gasteiger partial charge in [-0.05, 0) is 57.8 Å². The summed E-state index contributed by atoms with van der Waals surface area (Å²) in [6, 6.07) is 3.84. The molecule has 1 aliphatic heterocycles. The van der Waals surface area contributed by atoms with Crippen LogP contribution in [0.1, 0.15) is 37.9 Å². The predicted octanol–water partition coefficient (Wildman–Crippen LogP) is 6.33. The Labute approximate surface area is 216 Å². The van der Waals surface area contributed by atoms with E-state index in [4.69, 9.17) is 16.3 Å². The van der Waals surface area contributed by atoms with Gasteiger partial charge in [-0.2, -0.15) is 0 Å². The maximum absolute atomic E-state index is 15.7. The Morgan fingerprint density at radius 2 is 2.11 bits per heavy atom. The van der Waals surface area contributed by atoms with E-state index in [2.05, 4.69) is 21.9 Å². The number of allylic oxidation sites excluding steroid dienone is 2. The van der Waals surface area contributed by atoms with E-state index >= 15 is 8.78 Å². The number of anilines is 1. The predicted molar refractivity (Wildman–Crippen MR) is 142 cm³/mol. The van der Waals surface area contributed by atoms with Crippen LogP contribution in [0.15, 0.2) is 65.7 Å². The Kier molecular flexibility index (Phi) is 9.23. The van der Waals surface area contributed by atoms with E-state index in [1.165, 1.54) is 25.4 Å². The molecule has 6 nitrogen and oxygen atoms in total. The lowest BCUT2D eigenvalue weighted by molar-refractivity contribution is 0.158. The molecule has 0 aliphatic carbocycles. The lowest BCUT2D eigenvalue weighted by atomic mass is 9.98. The van der Waals surface area contributed by atoms with Gasteiger partial charge in [0.05, 0.1) is 23.9 Å². The molecule has 1 fully saturated rings. The number of methoxy groups -OCH3 is 1. The molecule has 0 bridgehead atoms. The molecule has 0 spiro atoms. The number of nitrogens with zero attached hydrogens (tertiary/aromatic N) is 4. The summed E-state index contributed by atoms with van der Waals surface area (Å²) < 4.78 is 36.0. The van der Waals surface area contributed by atoms with E-state index in [1.807, 2.05) is 43.7 Å². The Bertz CT molecular complexity index is 1210. The van der Waals surface area contributed by atoms with Gasteiger partial charge in [0, 0.05) is 54.6 Å². The number of hydrogen-bond donors (Lipinski definition) is 1. The summed E-state index contributed by atoms with van der Waals surface area (Å²) >= 11 is 6.05. The first kappa shape index (κ1) is 27.4. The van der Waals surface area contributed by atoms with Gasteiger partial charge in [-0.1, -0.05) is 24.3 Å². The van der Waals surface area contributed by atoms with Gasteiger partial charge in [0.25, 0.3) is 0 Å². The summed E-state index contributed by atoms with van der Waals surface area (Å²) in [6.45, 7) is 10.8. The van der Waals surface area contributed by atoms with Gasteiger partial charge in [0.2, 0.25) is 5.88 Å². The van der Waals surface area contributed by atoms with Crippen molar-refractivity contribution in [2.24, 2.45) is 4.99 Å². The number of likely N-dealkylation sites (N-methyl/N-ethyl adjacent to an activating group) is 1. The van der Waals surface area contributed by atoms with Crippen LogP contribution >= 0.6 is 11.6 Å². The molecule has 1 aromatic heterocycles. The number of halogens is 3. The van der Waals surface area contributed by atoms with Gasteiger partial charge in [-0.25, -0.2) is 13.8 Å². The minimum Gasteiger partial charge on any atom is -0.481 e. The van der Waals surface area contributed by atoms with Gasteiger partial charge < -0.3 is 15.0 Å². The molecule has 1 atom stereocenters. The highest BCUT2D eigenvalue weighted by Gasteiger charge is 2.33. The fraction of sp³-hybridized carbons (Fsp3) is 0.333. The minimum absolute atomic E-state index is 0.00143. The van der Waals surface area contributed by atoms with E-state index in [1.54, 1.807) is 18.5 Å². The maximum Gasteiger partial charge on any atom is 0.218 e. The molecular formula is C27H32ClF2N5O. The van der Waals surface area contributed by atoms with E-state index in [0.29, 0.717) is 29.6 Å². The number of ether oxygens (including phenoxy) is 1. The van der Waals surface area contributed by atoms with Gasteiger partial charge in [-0.3, -0.25) is 9.89 Å². The second kappa shape index (κ2) is 12.1. The first-order chi connectivity index (χ1) is 17.2. The highest BCUT2D eigenvalue weighted by atomic mass is 35.5. The summed E-state index contributed by atoms with van der Waals surface area (Å²) in [5.41, 5.74) is 3.70. The Morgan fingerprint density at radius 3 is 2.78 bits per heavy atom. The zero-order chi connectivity index (χ0) is 26.4. The van der Waals surface area contributed by atoms with Crippen molar-refractivity contribution < 1.29 is 13.5 Å². The van der Waals surface area contributed by atoms with Crippen LogP contribution < -0.4 is 10.1 Å². The molecule has 0 unspecified atom stereocenters. The summed E-state index contributed by atoms with van der Waals surface area (Å²) in [5.74, 6) is -0.859. The number of hydrogen-bond acceptors (Lipinski definition) is 6. The molecule has 0 radical (unpaired) electrons. The van der Waals surface area contributed by atoms with Crippen LogP contribution in [0, 0.1) is 11.6 Å². The molecular weight excluding hydrogens is 484 g/mol. The molecule has 2 heterocycles. The average molecular weight is 516 g/mol. The fourth-order valence-corrected chi connectivity index (χ4v) is 4.36. The third-order valence-corrected chi connectivity index (χ3v) is 6.48. The van der Waals surface area contributed by atoms with Crippen molar-refractivity contribution in [1.82, 2.24) is 14.8 Å². The molecule has 0 amide bonds. The van der Waals surface area contributed by atoms with Crippen LogP contribution in [0.4, 0.5) is 14.5 Å². The molecule has 9 heteroatoms. The molecule has 1 aliphatic rings. The van der Waals surface area contributed by atoms with E-state index in [0.717, 1.165) is 17.0 Å². The number of pyridine rings is 1. The van der Waals surface area contributed by atoms with Crippen LogP contribution in [-0.4, -0.2) is 47.7 Å². The molecule has 1 saturated heterocycles. The van der Waals surface area contributed by atoms with Crippen molar-refractivity contribution in [2.45, 2.75) is 33.4 Å². The Morgan fingerprint density at radius 1 is 1.36 bits per heavy atom. The zero-order valence-electron chi connectivity index (χ0n) is 21.3. The van der Waals surface area contributed by atoms with E-state index in [-0.39, 0.29) is 17.8 Å². The Balaban J connectivity index is 1.91. The van der Waals surface area contributed by atoms with Gasteiger partial charge in [-0.15, -0.1) is 0 Å². The lowest BCUT2D eigenvalue weighted by Crippen LogP contribution is -2.44. The molecule has 192 valence electrons. The standard InChI is InChI=1S/C27H32ClF2N5O/c1-7-11-31-18(4)17(3)23-15-34(5)24(16-35(23)8-2)25-21(29)9-10-22(26(25)30)32-13-19-12-20(28)14-33-27(19)36-6/h7-12,14,24,32H,2,13,15-16H2,1,3-6H3/b11-7-,23-17+,31-18-/t24-/m1/s1. The quantitative estimate of drug-likeness (QED) is 0.416. The van der Waals surface area contributed by atoms with Gasteiger partial charge in [0.15, 0.2) is 5.82 Å². The number of aromatic nitrogens is 1. The van der Waals surface area contributed by atoms with Crippen LogP contribution in [0.3, 0.4) is 0 Å². The monoisotopic (exact) mass is 515 g/mol. The number of aliphatic imine (C=N–C) groups is 1. The summed E-state index contributed by atoms with van der Waals surface area (Å²) in [6.07, 6.45) is 6.77. The highest BCUT2D eigenvalue weighted by Crippen LogP contribution is 2.35. The lowest BCUT2D eigenvalue weighted by Gasteiger charge is -2.42. The second-order valence-corrected chi connectivity index (χ2v) is 8.97. The van der Waals surface area contributed by atoms with Crippen molar-refractivity contribution >= 4 is 23.0 Å². The van der Waals surface area contributed by atoms with Crippen LogP contribution in [0.25, 0.3) is 0 Å². The molecule has 1 N–H and O–H groups in total. The maximum atomic E-state index is 15.7. The van der Waals surface area contributed by atoms with Gasteiger partial charge in [0.1, 0.15) is 5.82 Å². The average Bonchev–Trinajstić information content (AvgIpc) is 2.87. The smallest absolute Gasteiger partial charge is 0.218 e. The van der Waals surface area contributed by atoms with Crippen LogP contribution in [0.2, 0.25) is 5.02 Å². The van der Waals surface area contributed by atoms with Crippen molar-refractivity contribution in [3.05, 3.63) is 88.5 Å². The zero-order valence-corrected chi connectivity index (χ0v) is 22.0. The molecule has 0 saturated carbocycles. The first-order valence-electron chi connectivity index (χ1n) is 11.6. The minimum atomic E-state index is -0.639. The summed E-state index contributed by atoms with van der Waals surface area (Å²) in [4.78, 5) is 12.5. The summed E-state index contributed by atoms with van der Waals surface area (Å²) in [5, 5.41) is 3.47. The molecule has 36 heavy (non-hydrogen) atoms. The Hall–Kier alpha value is -3.23. The third-order valence-electron chi connectivity index (χ3n) is 6.28. The summed E-state index contributed by atoms with van der Waals surface area (Å²) in [7, 11) is 3.36. The highest BCUT2D eigenvalue weighted by molar-refractivity contribution is 6.30. The van der Waals surface area contributed by atoms with Crippen molar-refractivity contribution in [1.29, 1.82) is 0 Å². The van der Waals surface area contributed by atoms with E-state index in [9.17, 15) is 0 Å². The SMILES string of the molecule is C=CN1C[C@H](c2c(F)ccc(NCc3cc(Cl)cnc3OC)c2F)N(C)C\C1=C(C)/C(C)=N\C=C/C. The largest absolute Gasteiger partial charge is 0.481 e. The number of piperazine rings is 1. The number of nitrogens with one attached hydrogen (secondary N) is 1. The first-order valence-corrected chi connectivity index (χ1v) is 11.9. The van der Waals surface area contributed by atoms with Crippen LogP contribution in [-0.2, 0) is 6.54 Å². The van der Waals surface area contributed by atoms with Crippen molar-refractivity contribution in [2.75, 3.05) is 32.6 Å². The number of rotatable bonds is 8. The molecule has 1 aromatic carbocycles. The molecule has 2 aromatic rings. The van der Waals surface area contributed by atoms with Crippen molar-refractivity contribution in [3.63, 3.8) is 0 Å². The van der Waals surface area contributed by atoms with E-state index < -0.39 is 17.7 Å². The fourth-order valence-electron chi connectivity index (χ4n) is 4.18. The third kappa shape index (κ3) is 5.94. The van der Waals surface area contributed by atoms with Gasteiger partial charge >= 0.3 is 0 Å². The topological polar surface area (TPSA) is 53.0 Å². The van der Waals surface area contributed by atoms with Crippen molar-refractivity contribution in [3.8, 4) is 5.88 Å². The van der Waals surface area contributed by atoms with Crippen LogP contribution in [0.5, 0.6) is 5.88 Å².